The van der Waals surface area contributed by atoms with Crippen LogP contribution in [-0.2, 0) is 16.2 Å². The van der Waals surface area contributed by atoms with Gasteiger partial charge in [-0.15, -0.1) is 0 Å². The Balaban J connectivity index is 1.63. The molecule has 0 radical (unpaired) electrons. The summed E-state index contributed by atoms with van der Waals surface area (Å²) in [6.07, 6.45) is 2.73. The number of carbonyl (C=O) groups excluding carboxylic acids is 1. The van der Waals surface area contributed by atoms with Crippen LogP contribution in [0, 0.1) is 0 Å². The lowest BCUT2D eigenvalue weighted by Gasteiger charge is -2.10. The summed E-state index contributed by atoms with van der Waals surface area (Å²) in [6.45, 7) is 1.42. The van der Waals surface area contributed by atoms with E-state index in [1.54, 1.807) is 0 Å². The Morgan fingerprint density at radius 3 is 2.94 bits per heavy atom. The fourth-order valence-electron chi connectivity index (χ4n) is 1.97. The smallest absolute Gasteiger partial charge is 0.245 e. The topological polar surface area (TPSA) is 50.4 Å². The number of amides is 1. The average molecular weight is 234 g/mol. The lowest BCUT2D eigenvalue weighted by atomic mass is 10.1. The Morgan fingerprint density at radius 2 is 2.24 bits per heavy atom. The Labute approximate surface area is 101 Å². The van der Waals surface area contributed by atoms with Crippen molar-refractivity contribution >= 4 is 5.91 Å². The summed E-state index contributed by atoms with van der Waals surface area (Å²) < 4.78 is 0. The number of benzene rings is 1. The molecule has 2 N–H and O–H groups in total. The van der Waals surface area contributed by atoms with E-state index in [2.05, 4.69) is 10.8 Å². The van der Waals surface area contributed by atoms with Crippen LogP contribution >= 0.6 is 0 Å². The van der Waals surface area contributed by atoms with Crippen molar-refractivity contribution in [2.45, 2.75) is 31.9 Å². The molecule has 92 valence electrons. The number of hydrogen-bond acceptors (Lipinski definition) is 3. The van der Waals surface area contributed by atoms with E-state index in [1.165, 1.54) is 0 Å². The van der Waals surface area contributed by atoms with E-state index in [0.717, 1.165) is 24.9 Å². The van der Waals surface area contributed by atoms with Crippen LogP contribution in [0.2, 0.25) is 0 Å². The zero-order valence-corrected chi connectivity index (χ0v) is 9.82. The van der Waals surface area contributed by atoms with Crippen molar-refractivity contribution in [3.8, 4) is 0 Å². The van der Waals surface area contributed by atoms with Crippen LogP contribution in [0.5, 0.6) is 0 Å². The minimum Gasteiger partial charge on any atom is -0.313 e. The molecule has 1 fully saturated rings. The molecule has 0 saturated carbocycles. The summed E-state index contributed by atoms with van der Waals surface area (Å²) in [6, 6.07) is 10.1. The molecule has 1 unspecified atom stereocenters. The molecule has 1 atom stereocenters. The van der Waals surface area contributed by atoms with Crippen molar-refractivity contribution in [3.63, 3.8) is 0 Å². The normalized spacial score (nSPS) is 19.2. The Kier molecular flexibility index (Phi) is 4.53. The fraction of sp³-hybridized carbons (Fsp3) is 0.462. The zero-order chi connectivity index (χ0) is 11.9. The van der Waals surface area contributed by atoms with E-state index >= 15 is 0 Å². The molecule has 4 heteroatoms. The fourth-order valence-corrected chi connectivity index (χ4v) is 1.97. The molecule has 1 saturated heterocycles. The lowest BCUT2D eigenvalue weighted by molar-refractivity contribution is -0.135. The van der Waals surface area contributed by atoms with E-state index in [4.69, 9.17) is 4.84 Å². The molecule has 1 aliphatic rings. The molecule has 2 rings (SSSR count). The SMILES string of the molecule is O=C(CC1CCCN1)NOCc1ccccc1. The number of carbonyl (C=O) groups is 1. The van der Waals surface area contributed by atoms with Crippen LogP contribution in [0.4, 0.5) is 0 Å². The van der Waals surface area contributed by atoms with Gasteiger partial charge in [-0.3, -0.25) is 9.63 Å². The van der Waals surface area contributed by atoms with Crippen molar-refractivity contribution < 1.29 is 9.63 Å². The summed E-state index contributed by atoms with van der Waals surface area (Å²) in [5.41, 5.74) is 3.53. The van der Waals surface area contributed by atoms with E-state index in [9.17, 15) is 4.79 Å². The van der Waals surface area contributed by atoms with Crippen LogP contribution in [0.25, 0.3) is 0 Å². The molecular weight excluding hydrogens is 216 g/mol. The third-order valence-corrected chi connectivity index (χ3v) is 2.86. The second kappa shape index (κ2) is 6.37. The standard InChI is InChI=1S/C13H18N2O2/c16-13(9-12-7-4-8-14-12)15-17-10-11-5-2-1-3-6-11/h1-3,5-6,12,14H,4,7-10H2,(H,15,16). The maximum Gasteiger partial charge on any atom is 0.245 e. The first-order valence-electron chi connectivity index (χ1n) is 6.02. The Bertz CT molecular complexity index is 348. The van der Waals surface area contributed by atoms with E-state index in [1.807, 2.05) is 30.3 Å². The summed E-state index contributed by atoms with van der Waals surface area (Å²) in [5.74, 6) is -0.0552. The lowest BCUT2D eigenvalue weighted by Crippen LogP contribution is -2.31. The molecule has 1 amide bonds. The van der Waals surface area contributed by atoms with Crippen LogP contribution in [0.3, 0.4) is 0 Å². The van der Waals surface area contributed by atoms with Gasteiger partial charge in [0, 0.05) is 12.5 Å². The molecule has 0 aromatic heterocycles. The summed E-state index contributed by atoms with van der Waals surface area (Å²) in [7, 11) is 0. The van der Waals surface area contributed by atoms with Crippen LogP contribution in [0.15, 0.2) is 30.3 Å². The van der Waals surface area contributed by atoms with Gasteiger partial charge in [-0.25, -0.2) is 5.48 Å². The maximum absolute atomic E-state index is 11.5. The minimum atomic E-state index is -0.0552. The quantitative estimate of drug-likeness (QED) is 0.757. The molecule has 4 nitrogen and oxygen atoms in total. The minimum absolute atomic E-state index is 0.0552. The first-order chi connectivity index (χ1) is 8.34. The number of hydrogen-bond donors (Lipinski definition) is 2. The summed E-state index contributed by atoms with van der Waals surface area (Å²) in [4.78, 5) is 16.7. The molecule has 1 aliphatic heterocycles. The van der Waals surface area contributed by atoms with Crippen LogP contribution in [0.1, 0.15) is 24.8 Å². The largest absolute Gasteiger partial charge is 0.313 e. The van der Waals surface area contributed by atoms with Gasteiger partial charge in [-0.2, -0.15) is 0 Å². The van der Waals surface area contributed by atoms with E-state index < -0.39 is 0 Å². The Morgan fingerprint density at radius 1 is 1.41 bits per heavy atom. The third-order valence-electron chi connectivity index (χ3n) is 2.86. The number of nitrogens with one attached hydrogen (secondary N) is 2. The van der Waals surface area contributed by atoms with Gasteiger partial charge in [-0.1, -0.05) is 30.3 Å². The summed E-state index contributed by atoms with van der Waals surface area (Å²) >= 11 is 0. The van der Waals surface area contributed by atoms with Gasteiger partial charge < -0.3 is 5.32 Å². The predicted molar refractivity (Wildman–Crippen MR) is 65.0 cm³/mol. The zero-order valence-electron chi connectivity index (χ0n) is 9.82. The van der Waals surface area contributed by atoms with Gasteiger partial charge >= 0.3 is 0 Å². The third kappa shape index (κ3) is 4.17. The van der Waals surface area contributed by atoms with Crippen molar-refractivity contribution in [3.05, 3.63) is 35.9 Å². The molecule has 1 aromatic rings. The second-order valence-corrected chi connectivity index (χ2v) is 4.30. The van der Waals surface area contributed by atoms with Crippen LogP contribution in [-0.4, -0.2) is 18.5 Å². The van der Waals surface area contributed by atoms with Gasteiger partial charge in [0.2, 0.25) is 5.91 Å². The van der Waals surface area contributed by atoms with Crippen LogP contribution < -0.4 is 10.8 Å². The molecule has 0 bridgehead atoms. The first-order valence-corrected chi connectivity index (χ1v) is 6.02. The highest BCUT2D eigenvalue weighted by molar-refractivity contribution is 5.75. The van der Waals surface area contributed by atoms with E-state index in [-0.39, 0.29) is 5.91 Å². The number of rotatable bonds is 5. The molecule has 0 aliphatic carbocycles. The summed E-state index contributed by atoms with van der Waals surface area (Å²) in [5, 5.41) is 3.28. The Hall–Kier alpha value is -1.39. The van der Waals surface area contributed by atoms with Crippen molar-refractivity contribution in [1.29, 1.82) is 0 Å². The van der Waals surface area contributed by atoms with Gasteiger partial charge in [0.15, 0.2) is 0 Å². The monoisotopic (exact) mass is 234 g/mol. The highest BCUT2D eigenvalue weighted by Crippen LogP contribution is 2.08. The highest BCUT2D eigenvalue weighted by Gasteiger charge is 2.17. The second-order valence-electron chi connectivity index (χ2n) is 4.30. The molecule has 0 spiro atoms. The molecular formula is C13H18N2O2. The maximum atomic E-state index is 11.5. The first kappa shape index (κ1) is 12.1. The molecule has 1 heterocycles. The van der Waals surface area contributed by atoms with Gasteiger partial charge in [-0.05, 0) is 24.9 Å². The van der Waals surface area contributed by atoms with E-state index in [0.29, 0.717) is 19.1 Å². The van der Waals surface area contributed by atoms with Crippen molar-refractivity contribution in [1.82, 2.24) is 10.8 Å². The van der Waals surface area contributed by atoms with Crippen molar-refractivity contribution in [2.24, 2.45) is 0 Å². The van der Waals surface area contributed by atoms with Gasteiger partial charge in [0.25, 0.3) is 0 Å². The highest BCUT2D eigenvalue weighted by atomic mass is 16.6. The van der Waals surface area contributed by atoms with Gasteiger partial charge in [0.05, 0.1) is 6.61 Å². The predicted octanol–water partition coefficient (Wildman–Crippen LogP) is 1.38. The average Bonchev–Trinajstić information content (AvgIpc) is 2.83. The molecule has 1 aromatic carbocycles. The van der Waals surface area contributed by atoms with Crippen molar-refractivity contribution in [2.75, 3.05) is 6.54 Å². The molecule has 17 heavy (non-hydrogen) atoms. The van der Waals surface area contributed by atoms with Gasteiger partial charge in [0.1, 0.15) is 0 Å². The number of hydroxylamine groups is 1.